The number of carboxylic acid groups (broad SMARTS) is 1. The summed E-state index contributed by atoms with van der Waals surface area (Å²) in [5, 5.41) is 11.7. The van der Waals surface area contributed by atoms with E-state index in [1.165, 1.54) is 4.90 Å². The van der Waals surface area contributed by atoms with Crippen molar-refractivity contribution in [2.45, 2.75) is 32.2 Å². The molecule has 0 aromatic heterocycles. The maximum Gasteiger partial charge on any atom is 0.317 e. The van der Waals surface area contributed by atoms with E-state index in [9.17, 15) is 18.0 Å². The van der Waals surface area contributed by atoms with Crippen LogP contribution in [0, 0.1) is 11.8 Å². The smallest absolute Gasteiger partial charge is 0.317 e. The third-order valence-corrected chi connectivity index (χ3v) is 4.58. The maximum atomic E-state index is 12.1. The van der Waals surface area contributed by atoms with Gasteiger partial charge in [0.1, 0.15) is 0 Å². The number of carbonyl (C=O) groups excluding carboxylic acids is 1. The molecule has 1 fully saturated rings. The quantitative estimate of drug-likeness (QED) is 0.609. The molecule has 0 bridgehead atoms. The lowest BCUT2D eigenvalue weighted by Crippen LogP contribution is -2.48. The zero-order valence-corrected chi connectivity index (χ0v) is 14.0. The molecular formula is C13H25N3O5S. The molecule has 22 heavy (non-hydrogen) atoms. The SMILES string of the molecule is CC(CN(C)C(=O)NC1CCCC1CNS(C)(=O)=O)C(=O)O. The molecule has 0 radical (unpaired) electrons. The van der Waals surface area contributed by atoms with Crippen LogP contribution in [0.15, 0.2) is 0 Å². The Balaban J connectivity index is 2.49. The highest BCUT2D eigenvalue weighted by molar-refractivity contribution is 7.88. The van der Waals surface area contributed by atoms with Crippen LogP contribution in [0.1, 0.15) is 26.2 Å². The highest BCUT2D eigenvalue weighted by Crippen LogP contribution is 2.25. The van der Waals surface area contributed by atoms with Gasteiger partial charge in [-0.25, -0.2) is 17.9 Å². The summed E-state index contributed by atoms with van der Waals surface area (Å²) in [4.78, 5) is 24.2. The molecule has 1 saturated carbocycles. The van der Waals surface area contributed by atoms with Crippen LogP contribution < -0.4 is 10.0 Å². The van der Waals surface area contributed by atoms with Gasteiger partial charge >= 0.3 is 12.0 Å². The maximum absolute atomic E-state index is 12.1. The largest absolute Gasteiger partial charge is 0.481 e. The first-order valence-corrected chi connectivity index (χ1v) is 9.18. The number of carboxylic acids is 1. The summed E-state index contributed by atoms with van der Waals surface area (Å²) in [7, 11) is -1.69. The first kappa shape index (κ1) is 18.7. The number of carbonyl (C=O) groups is 2. The minimum atomic E-state index is -3.24. The van der Waals surface area contributed by atoms with Gasteiger partial charge in [0.15, 0.2) is 0 Å². The Kier molecular flexibility index (Phi) is 6.61. The van der Waals surface area contributed by atoms with E-state index in [4.69, 9.17) is 5.11 Å². The van der Waals surface area contributed by atoms with Gasteiger partial charge in [0, 0.05) is 26.2 Å². The van der Waals surface area contributed by atoms with Gasteiger partial charge in [0.05, 0.1) is 12.2 Å². The molecule has 0 aromatic rings. The van der Waals surface area contributed by atoms with Gasteiger partial charge in [-0.3, -0.25) is 4.79 Å². The fraction of sp³-hybridized carbons (Fsp3) is 0.846. The predicted octanol–water partition coefficient (Wildman–Crippen LogP) is 0.0664. The van der Waals surface area contributed by atoms with Crippen molar-refractivity contribution in [1.82, 2.24) is 14.9 Å². The van der Waals surface area contributed by atoms with E-state index in [2.05, 4.69) is 10.0 Å². The van der Waals surface area contributed by atoms with Gasteiger partial charge in [-0.1, -0.05) is 13.3 Å². The van der Waals surface area contributed by atoms with Gasteiger partial charge in [-0.2, -0.15) is 0 Å². The Hall–Kier alpha value is -1.35. The average molecular weight is 335 g/mol. The summed E-state index contributed by atoms with van der Waals surface area (Å²) < 4.78 is 24.8. The number of rotatable bonds is 7. The predicted molar refractivity (Wildman–Crippen MR) is 81.9 cm³/mol. The number of aliphatic carboxylic acids is 1. The zero-order valence-electron chi connectivity index (χ0n) is 13.2. The number of hydrogen-bond donors (Lipinski definition) is 3. The second-order valence-corrected chi connectivity index (χ2v) is 7.82. The summed E-state index contributed by atoms with van der Waals surface area (Å²) in [6.07, 6.45) is 3.68. The first-order valence-electron chi connectivity index (χ1n) is 7.29. The van der Waals surface area contributed by atoms with Crippen LogP contribution in [-0.4, -0.2) is 62.9 Å². The molecule has 9 heteroatoms. The van der Waals surface area contributed by atoms with Crippen molar-refractivity contribution in [3.63, 3.8) is 0 Å². The monoisotopic (exact) mass is 335 g/mol. The van der Waals surface area contributed by atoms with E-state index >= 15 is 0 Å². The third kappa shape index (κ3) is 6.18. The molecule has 1 rings (SSSR count). The number of sulfonamides is 1. The van der Waals surface area contributed by atoms with Crippen molar-refractivity contribution in [2.75, 3.05) is 26.4 Å². The van der Waals surface area contributed by atoms with Crippen LogP contribution in [0.25, 0.3) is 0 Å². The zero-order chi connectivity index (χ0) is 16.9. The summed E-state index contributed by atoms with van der Waals surface area (Å²) in [5.74, 6) is -1.53. The van der Waals surface area contributed by atoms with Gasteiger partial charge in [-0.05, 0) is 18.8 Å². The summed E-state index contributed by atoms with van der Waals surface area (Å²) in [5.41, 5.74) is 0. The molecule has 3 N–H and O–H groups in total. The molecule has 3 unspecified atom stereocenters. The van der Waals surface area contributed by atoms with Gasteiger partial charge < -0.3 is 15.3 Å². The lowest BCUT2D eigenvalue weighted by molar-refractivity contribution is -0.141. The molecule has 128 valence electrons. The number of amides is 2. The minimum absolute atomic E-state index is 0.0592. The summed E-state index contributed by atoms with van der Waals surface area (Å²) in [6.45, 7) is 1.97. The third-order valence-electron chi connectivity index (χ3n) is 3.89. The van der Waals surface area contributed by atoms with Crippen molar-refractivity contribution >= 4 is 22.0 Å². The highest BCUT2D eigenvalue weighted by Gasteiger charge is 2.30. The van der Waals surface area contributed by atoms with Gasteiger partial charge in [0.2, 0.25) is 10.0 Å². The fourth-order valence-corrected chi connectivity index (χ4v) is 3.09. The van der Waals surface area contributed by atoms with Gasteiger partial charge in [-0.15, -0.1) is 0 Å². The van der Waals surface area contributed by atoms with E-state index in [0.717, 1.165) is 25.5 Å². The topological polar surface area (TPSA) is 116 Å². The van der Waals surface area contributed by atoms with E-state index in [-0.39, 0.29) is 24.5 Å². The van der Waals surface area contributed by atoms with Crippen LogP contribution in [-0.2, 0) is 14.8 Å². The minimum Gasteiger partial charge on any atom is -0.481 e. The lowest BCUT2D eigenvalue weighted by atomic mass is 10.0. The lowest BCUT2D eigenvalue weighted by Gasteiger charge is -2.26. The van der Waals surface area contributed by atoms with Crippen molar-refractivity contribution in [2.24, 2.45) is 11.8 Å². The van der Waals surface area contributed by atoms with E-state index in [1.807, 2.05) is 0 Å². The molecule has 3 atom stereocenters. The molecule has 0 saturated heterocycles. The standard InChI is InChI=1S/C13H25N3O5S/c1-9(12(17)18)8-16(2)13(19)15-11-6-4-5-10(11)7-14-22(3,20)21/h9-11,14H,4-8H2,1-3H3,(H,15,19)(H,17,18). The number of nitrogens with one attached hydrogen (secondary N) is 2. The number of hydrogen-bond acceptors (Lipinski definition) is 4. The van der Waals surface area contributed by atoms with E-state index in [1.54, 1.807) is 14.0 Å². The Labute approximate surface area is 131 Å². The summed E-state index contributed by atoms with van der Waals surface area (Å²) >= 11 is 0. The van der Waals surface area contributed by atoms with Crippen LogP contribution in [0.4, 0.5) is 4.79 Å². The fourth-order valence-electron chi connectivity index (χ4n) is 2.57. The molecule has 0 spiro atoms. The number of nitrogens with zero attached hydrogens (tertiary/aromatic N) is 1. The molecule has 2 amide bonds. The van der Waals surface area contributed by atoms with E-state index in [0.29, 0.717) is 6.54 Å². The Morgan fingerprint density at radius 2 is 2.00 bits per heavy atom. The highest BCUT2D eigenvalue weighted by atomic mass is 32.2. The van der Waals surface area contributed by atoms with Crippen molar-refractivity contribution < 1.29 is 23.1 Å². The molecular weight excluding hydrogens is 310 g/mol. The van der Waals surface area contributed by atoms with Crippen molar-refractivity contribution in [3.05, 3.63) is 0 Å². The Bertz CT molecular complexity index is 508. The summed E-state index contributed by atoms with van der Waals surface area (Å²) in [6, 6.07) is -0.423. The van der Waals surface area contributed by atoms with E-state index < -0.39 is 21.9 Å². The molecule has 0 heterocycles. The molecule has 1 aliphatic carbocycles. The second-order valence-electron chi connectivity index (χ2n) is 5.99. The molecule has 0 aliphatic heterocycles. The molecule has 0 aromatic carbocycles. The van der Waals surface area contributed by atoms with Crippen molar-refractivity contribution in [1.29, 1.82) is 0 Å². The number of urea groups is 1. The first-order chi connectivity index (χ1) is 10.1. The second kappa shape index (κ2) is 7.77. The van der Waals surface area contributed by atoms with Crippen LogP contribution in [0.2, 0.25) is 0 Å². The molecule has 8 nitrogen and oxygen atoms in total. The van der Waals surface area contributed by atoms with Crippen LogP contribution >= 0.6 is 0 Å². The van der Waals surface area contributed by atoms with Gasteiger partial charge in [0.25, 0.3) is 0 Å². The molecule has 1 aliphatic rings. The van der Waals surface area contributed by atoms with Crippen LogP contribution in [0.3, 0.4) is 0 Å². The Morgan fingerprint density at radius 3 is 2.55 bits per heavy atom. The van der Waals surface area contributed by atoms with Crippen LogP contribution in [0.5, 0.6) is 0 Å². The Morgan fingerprint density at radius 1 is 1.36 bits per heavy atom. The average Bonchev–Trinajstić information content (AvgIpc) is 2.82. The van der Waals surface area contributed by atoms with Crippen molar-refractivity contribution in [3.8, 4) is 0 Å². The normalized spacial score (nSPS) is 23.0.